The monoisotopic (exact) mass is 259 g/mol. The highest BCUT2D eigenvalue weighted by Crippen LogP contribution is 2.22. The molecule has 0 radical (unpaired) electrons. The Labute approximate surface area is 114 Å². The molecule has 0 spiro atoms. The maximum absolute atomic E-state index is 9.99. The third-order valence-corrected chi connectivity index (χ3v) is 3.40. The molecule has 1 aliphatic heterocycles. The lowest BCUT2D eigenvalue weighted by Gasteiger charge is -2.19. The lowest BCUT2D eigenvalue weighted by Crippen LogP contribution is -2.29. The van der Waals surface area contributed by atoms with E-state index in [9.17, 15) is 5.11 Å². The van der Waals surface area contributed by atoms with Gasteiger partial charge in [0.1, 0.15) is 0 Å². The van der Waals surface area contributed by atoms with Gasteiger partial charge in [0.25, 0.3) is 0 Å². The van der Waals surface area contributed by atoms with Crippen molar-refractivity contribution in [2.24, 2.45) is 0 Å². The maximum Gasteiger partial charge on any atom is 0.0758 e. The average molecular weight is 259 g/mol. The van der Waals surface area contributed by atoms with Gasteiger partial charge in [-0.3, -0.25) is 4.90 Å². The molecule has 0 aromatic heterocycles. The highest BCUT2D eigenvalue weighted by Gasteiger charge is 2.31. The van der Waals surface area contributed by atoms with Crippen LogP contribution in [0.2, 0.25) is 0 Å². The molecular formula is C16H21NO2. The summed E-state index contributed by atoms with van der Waals surface area (Å²) in [5, 5.41) is 18.8. The summed E-state index contributed by atoms with van der Waals surface area (Å²) >= 11 is 0. The van der Waals surface area contributed by atoms with Gasteiger partial charge in [-0.05, 0) is 25.0 Å². The van der Waals surface area contributed by atoms with Crippen LogP contribution in [0.1, 0.15) is 30.9 Å². The first-order chi connectivity index (χ1) is 9.11. The van der Waals surface area contributed by atoms with Crippen LogP contribution in [0, 0.1) is 11.8 Å². The van der Waals surface area contributed by atoms with Crippen LogP contribution in [-0.2, 0) is 6.54 Å². The first-order valence-electron chi connectivity index (χ1n) is 6.73. The predicted molar refractivity (Wildman–Crippen MR) is 75.5 cm³/mol. The van der Waals surface area contributed by atoms with Crippen molar-refractivity contribution in [1.82, 2.24) is 4.90 Å². The van der Waals surface area contributed by atoms with Gasteiger partial charge >= 0.3 is 0 Å². The summed E-state index contributed by atoms with van der Waals surface area (Å²) in [4.78, 5) is 2.26. The van der Waals surface area contributed by atoms with E-state index < -0.39 is 5.60 Å². The third kappa shape index (κ3) is 4.07. The van der Waals surface area contributed by atoms with Crippen LogP contribution in [0.3, 0.4) is 0 Å². The largest absolute Gasteiger partial charge is 0.395 e. The molecule has 1 saturated heterocycles. The minimum Gasteiger partial charge on any atom is -0.395 e. The number of rotatable bonds is 3. The molecule has 0 bridgehead atoms. The van der Waals surface area contributed by atoms with Crippen LogP contribution in [-0.4, -0.2) is 40.4 Å². The molecule has 3 nitrogen and oxygen atoms in total. The average Bonchev–Trinajstić information content (AvgIpc) is 2.71. The zero-order valence-electron chi connectivity index (χ0n) is 11.4. The Balaban J connectivity index is 2.07. The Morgan fingerprint density at radius 2 is 2.16 bits per heavy atom. The molecule has 3 heteroatoms. The second-order valence-corrected chi connectivity index (χ2v) is 5.39. The fourth-order valence-corrected chi connectivity index (χ4v) is 2.41. The van der Waals surface area contributed by atoms with Crippen molar-refractivity contribution in [3.63, 3.8) is 0 Å². The molecule has 0 amide bonds. The van der Waals surface area contributed by atoms with Crippen LogP contribution >= 0.6 is 0 Å². The molecule has 1 heterocycles. The molecule has 1 unspecified atom stereocenters. The van der Waals surface area contributed by atoms with E-state index in [1.165, 1.54) is 5.56 Å². The van der Waals surface area contributed by atoms with Crippen molar-refractivity contribution in [1.29, 1.82) is 0 Å². The van der Waals surface area contributed by atoms with E-state index in [4.69, 9.17) is 5.11 Å². The van der Waals surface area contributed by atoms with Gasteiger partial charge in [-0.25, -0.2) is 0 Å². The zero-order chi connectivity index (χ0) is 13.7. The highest BCUT2D eigenvalue weighted by molar-refractivity contribution is 5.41. The number of benzene rings is 1. The Morgan fingerprint density at radius 1 is 1.37 bits per heavy atom. The van der Waals surface area contributed by atoms with E-state index in [1.54, 1.807) is 0 Å². The number of likely N-dealkylation sites (tertiary alicyclic amines) is 1. The second kappa shape index (κ2) is 6.21. The number of aliphatic hydroxyl groups excluding tert-OH is 1. The fraction of sp³-hybridized carbons (Fsp3) is 0.500. The lowest BCUT2D eigenvalue weighted by molar-refractivity contribution is 0.0679. The van der Waals surface area contributed by atoms with Crippen molar-refractivity contribution >= 4 is 0 Å². The highest BCUT2D eigenvalue weighted by atomic mass is 16.3. The van der Waals surface area contributed by atoms with Crippen LogP contribution in [0.15, 0.2) is 24.3 Å². The number of hydrogen-bond donors (Lipinski definition) is 2. The van der Waals surface area contributed by atoms with Crippen molar-refractivity contribution < 1.29 is 10.2 Å². The SMILES string of the molecule is CC1(O)CCN(Cc2ccccc2C#CCCO)C1. The maximum atomic E-state index is 9.99. The molecule has 1 fully saturated rings. The Morgan fingerprint density at radius 3 is 2.84 bits per heavy atom. The number of aliphatic hydroxyl groups is 2. The van der Waals surface area contributed by atoms with Gasteiger partial charge in [0, 0.05) is 31.6 Å². The van der Waals surface area contributed by atoms with Crippen LogP contribution in [0.5, 0.6) is 0 Å². The molecule has 2 rings (SSSR count). The standard InChI is InChI=1S/C16H21NO2/c1-16(19)9-10-17(13-16)12-15-8-3-2-6-14(15)7-4-5-11-18/h2-3,6,8,18-19H,5,9-13H2,1H3. The molecule has 1 aromatic rings. The molecule has 0 saturated carbocycles. The normalized spacial score (nSPS) is 23.1. The Kier molecular flexibility index (Phi) is 4.60. The molecule has 1 atom stereocenters. The van der Waals surface area contributed by atoms with E-state index in [2.05, 4.69) is 22.8 Å². The van der Waals surface area contributed by atoms with Gasteiger partial charge in [0.15, 0.2) is 0 Å². The quantitative estimate of drug-likeness (QED) is 0.806. The number of nitrogens with zero attached hydrogens (tertiary/aromatic N) is 1. The molecule has 19 heavy (non-hydrogen) atoms. The molecular weight excluding hydrogens is 238 g/mol. The van der Waals surface area contributed by atoms with Crippen molar-refractivity contribution in [3.8, 4) is 11.8 Å². The summed E-state index contributed by atoms with van der Waals surface area (Å²) in [6.07, 6.45) is 1.33. The van der Waals surface area contributed by atoms with Gasteiger partial charge in [-0.2, -0.15) is 0 Å². The fourth-order valence-electron chi connectivity index (χ4n) is 2.41. The van der Waals surface area contributed by atoms with E-state index in [-0.39, 0.29) is 6.61 Å². The Hall–Kier alpha value is -1.34. The number of hydrogen-bond acceptors (Lipinski definition) is 3. The topological polar surface area (TPSA) is 43.7 Å². The van der Waals surface area contributed by atoms with Crippen LogP contribution in [0.4, 0.5) is 0 Å². The summed E-state index contributed by atoms with van der Waals surface area (Å²) < 4.78 is 0. The van der Waals surface area contributed by atoms with E-state index in [0.717, 1.165) is 25.1 Å². The molecule has 0 aliphatic carbocycles. The van der Waals surface area contributed by atoms with Gasteiger partial charge in [-0.15, -0.1) is 0 Å². The lowest BCUT2D eigenvalue weighted by atomic mass is 10.1. The minimum absolute atomic E-state index is 0.101. The van der Waals surface area contributed by atoms with Crippen LogP contribution in [0.25, 0.3) is 0 Å². The summed E-state index contributed by atoms with van der Waals surface area (Å²) in [6, 6.07) is 8.08. The summed E-state index contributed by atoms with van der Waals surface area (Å²) in [5.41, 5.74) is 1.64. The van der Waals surface area contributed by atoms with Gasteiger partial charge < -0.3 is 10.2 Å². The van der Waals surface area contributed by atoms with Crippen LogP contribution < -0.4 is 0 Å². The molecule has 1 aliphatic rings. The van der Waals surface area contributed by atoms with Gasteiger partial charge in [-0.1, -0.05) is 30.0 Å². The summed E-state index contributed by atoms with van der Waals surface area (Å²) in [7, 11) is 0. The smallest absolute Gasteiger partial charge is 0.0758 e. The molecule has 2 N–H and O–H groups in total. The molecule has 102 valence electrons. The van der Waals surface area contributed by atoms with E-state index in [0.29, 0.717) is 13.0 Å². The van der Waals surface area contributed by atoms with Gasteiger partial charge in [0.05, 0.1) is 12.2 Å². The van der Waals surface area contributed by atoms with Crippen molar-refractivity contribution in [2.45, 2.75) is 31.9 Å². The van der Waals surface area contributed by atoms with Gasteiger partial charge in [0.2, 0.25) is 0 Å². The van der Waals surface area contributed by atoms with E-state index in [1.807, 2.05) is 25.1 Å². The third-order valence-electron chi connectivity index (χ3n) is 3.40. The minimum atomic E-state index is -0.558. The molecule has 1 aromatic carbocycles. The second-order valence-electron chi connectivity index (χ2n) is 5.39. The van der Waals surface area contributed by atoms with E-state index >= 15 is 0 Å². The first-order valence-corrected chi connectivity index (χ1v) is 6.73. The van der Waals surface area contributed by atoms with Crippen molar-refractivity contribution in [2.75, 3.05) is 19.7 Å². The summed E-state index contributed by atoms with van der Waals surface area (Å²) in [6.45, 7) is 4.45. The predicted octanol–water partition coefficient (Wildman–Crippen LogP) is 1.38. The zero-order valence-corrected chi connectivity index (χ0v) is 11.4. The summed E-state index contributed by atoms with van der Waals surface area (Å²) in [5.74, 6) is 6.07. The van der Waals surface area contributed by atoms with Crippen molar-refractivity contribution in [3.05, 3.63) is 35.4 Å². The number of β-amino-alcohol motifs (C(OH)–C–C–N with tert-alkyl or cyclic N) is 1. The Bertz CT molecular complexity index is 485. The first kappa shape index (κ1) is 14.1.